The van der Waals surface area contributed by atoms with Crippen LogP contribution in [0.1, 0.15) is 11.8 Å². The molecule has 0 aliphatic rings. The number of halogens is 1. The molecule has 0 aliphatic carbocycles. The molecule has 1 aromatic heterocycles. The zero-order valence-electron chi connectivity index (χ0n) is 14.1. The van der Waals surface area contributed by atoms with E-state index in [1.165, 1.54) is 25.4 Å². The number of thioether (sulfide) groups is 1. The van der Waals surface area contributed by atoms with Gasteiger partial charge in [-0.3, -0.25) is 4.79 Å². The normalized spacial score (nSPS) is 9.75. The van der Waals surface area contributed by atoms with E-state index in [4.69, 9.17) is 21.4 Å². The summed E-state index contributed by atoms with van der Waals surface area (Å²) in [6.45, 7) is -0.0345. The van der Waals surface area contributed by atoms with E-state index in [0.29, 0.717) is 16.5 Å². The van der Waals surface area contributed by atoms with E-state index in [2.05, 4.69) is 10.3 Å². The van der Waals surface area contributed by atoms with Gasteiger partial charge in [0, 0.05) is 12.3 Å². The van der Waals surface area contributed by atoms with Crippen molar-refractivity contribution in [2.75, 3.05) is 19.0 Å². The Morgan fingerprint density at radius 1 is 1.42 bits per heavy atom. The minimum atomic E-state index is -1.13. The Hall–Kier alpha value is -0.614. The number of aromatic nitrogens is 1. The Labute approximate surface area is 192 Å². The molecule has 0 aliphatic heterocycles. The number of nitrogens with zero attached hydrogens (tertiary/aromatic N) is 1. The second-order valence-electron chi connectivity index (χ2n) is 4.33. The van der Waals surface area contributed by atoms with Crippen LogP contribution in [0.5, 0.6) is 5.75 Å². The number of nitrogens with one attached hydrogen (secondary N) is 1. The topological polar surface area (TPSA) is 88.5 Å². The fourth-order valence-electron chi connectivity index (χ4n) is 1.71. The summed E-state index contributed by atoms with van der Waals surface area (Å²) >= 11 is 6.80. The van der Waals surface area contributed by atoms with Gasteiger partial charge in [-0.05, 0) is 36.0 Å². The standard InChI is InChI=1S/C15H13ClN2O4S.K.H/c1-22-9-4-5-11(16)12(7-9)18-8-13(19)23-14-10(15(20)21)3-2-6-17-14;;/h2-7,18H,8H2,1H3,(H,20,21);;/q;+1;-1. The Balaban J connectivity index is 0.00000288. The van der Waals surface area contributed by atoms with Crippen LogP contribution in [0.3, 0.4) is 0 Å². The van der Waals surface area contributed by atoms with E-state index in [0.717, 1.165) is 11.8 Å². The van der Waals surface area contributed by atoms with Gasteiger partial charge >= 0.3 is 57.4 Å². The molecule has 0 fully saturated rings. The number of carboxylic acids is 1. The van der Waals surface area contributed by atoms with E-state index in [1.54, 1.807) is 18.2 Å². The minimum Gasteiger partial charge on any atom is -1.00 e. The molecule has 2 aromatic rings. The molecular formula is C15H14ClKN2O4S. The molecule has 122 valence electrons. The van der Waals surface area contributed by atoms with Crippen molar-refractivity contribution in [2.45, 2.75) is 5.03 Å². The maximum atomic E-state index is 12.0. The smallest absolute Gasteiger partial charge is 1.00 e. The van der Waals surface area contributed by atoms with Crippen LogP contribution in [0.15, 0.2) is 41.6 Å². The van der Waals surface area contributed by atoms with Crippen LogP contribution in [0.2, 0.25) is 5.02 Å². The quantitative estimate of drug-likeness (QED) is 0.539. The fourth-order valence-corrected chi connectivity index (χ4v) is 2.64. The average molecular weight is 393 g/mol. The monoisotopic (exact) mass is 392 g/mol. The number of ether oxygens (including phenoxy) is 1. The number of hydrogen-bond acceptors (Lipinski definition) is 6. The molecule has 9 heteroatoms. The second kappa shape index (κ2) is 10.4. The van der Waals surface area contributed by atoms with Crippen molar-refractivity contribution in [3.63, 3.8) is 0 Å². The molecule has 0 unspecified atom stereocenters. The summed E-state index contributed by atoms with van der Waals surface area (Å²) in [5.41, 5.74) is 0.546. The van der Waals surface area contributed by atoms with E-state index in [-0.39, 0.29) is 75.1 Å². The van der Waals surface area contributed by atoms with Gasteiger partial charge in [0.25, 0.3) is 0 Å². The summed E-state index contributed by atoms with van der Waals surface area (Å²) in [5.74, 6) is -0.521. The van der Waals surface area contributed by atoms with E-state index >= 15 is 0 Å². The van der Waals surface area contributed by atoms with Crippen LogP contribution in [0, 0.1) is 0 Å². The number of methoxy groups -OCH3 is 1. The Kier molecular flexibility index (Phi) is 9.28. The van der Waals surface area contributed by atoms with Crippen LogP contribution in [0.4, 0.5) is 5.69 Å². The van der Waals surface area contributed by atoms with Crippen LogP contribution in [-0.4, -0.2) is 34.8 Å². The zero-order chi connectivity index (χ0) is 16.8. The van der Waals surface area contributed by atoms with Gasteiger partial charge in [0.05, 0.1) is 29.9 Å². The number of carbonyl (C=O) groups is 2. The Morgan fingerprint density at radius 2 is 2.17 bits per heavy atom. The number of rotatable bonds is 6. The van der Waals surface area contributed by atoms with Gasteiger partial charge in [-0.25, -0.2) is 9.78 Å². The second-order valence-corrected chi connectivity index (χ2v) is 5.79. The third-order valence-corrected chi connectivity index (χ3v) is 4.03. The van der Waals surface area contributed by atoms with Gasteiger partial charge in [-0.1, -0.05) is 11.6 Å². The molecule has 0 radical (unpaired) electrons. The van der Waals surface area contributed by atoms with Crippen molar-refractivity contribution in [3.8, 4) is 5.75 Å². The Morgan fingerprint density at radius 3 is 2.83 bits per heavy atom. The predicted molar refractivity (Wildman–Crippen MR) is 89.7 cm³/mol. The van der Waals surface area contributed by atoms with Crippen molar-refractivity contribution < 1.29 is 72.2 Å². The number of anilines is 1. The van der Waals surface area contributed by atoms with Crippen LogP contribution >= 0.6 is 23.4 Å². The largest absolute Gasteiger partial charge is 1.00 e. The fraction of sp³-hybridized carbons (Fsp3) is 0.133. The van der Waals surface area contributed by atoms with E-state index in [1.807, 2.05) is 0 Å². The molecule has 0 saturated heterocycles. The molecule has 2 rings (SSSR count). The van der Waals surface area contributed by atoms with Gasteiger partial charge in [0.1, 0.15) is 10.8 Å². The van der Waals surface area contributed by atoms with E-state index < -0.39 is 5.97 Å². The molecule has 24 heavy (non-hydrogen) atoms. The Bertz CT molecular complexity index is 751. The molecule has 0 bridgehead atoms. The summed E-state index contributed by atoms with van der Waals surface area (Å²) < 4.78 is 5.09. The number of carbonyl (C=O) groups excluding carboxylic acids is 1. The minimum absolute atomic E-state index is 0. The number of hydrogen-bond donors (Lipinski definition) is 2. The molecule has 0 amide bonds. The molecule has 1 aromatic carbocycles. The maximum absolute atomic E-state index is 12.0. The van der Waals surface area contributed by atoms with Crippen molar-refractivity contribution in [2.24, 2.45) is 0 Å². The van der Waals surface area contributed by atoms with Crippen molar-refractivity contribution in [1.82, 2.24) is 4.98 Å². The number of aromatic carboxylic acids is 1. The number of carboxylic acid groups (broad SMARTS) is 1. The summed E-state index contributed by atoms with van der Waals surface area (Å²) in [5, 5.41) is 12.3. The van der Waals surface area contributed by atoms with Crippen molar-refractivity contribution in [1.29, 1.82) is 0 Å². The van der Waals surface area contributed by atoms with Gasteiger partial charge < -0.3 is 16.6 Å². The molecule has 1 heterocycles. The first-order chi connectivity index (χ1) is 11.0. The molecule has 0 spiro atoms. The maximum Gasteiger partial charge on any atom is 1.00 e. The zero-order valence-corrected chi connectivity index (χ0v) is 17.8. The molecular weight excluding hydrogens is 379 g/mol. The van der Waals surface area contributed by atoms with E-state index in [9.17, 15) is 9.59 Å². The van der Waals surface area contributed by atoms with Crippen molar-refractivity contribution in [3.05, 3.63) is 47.1 Å². The summed E-state index contributed by atoms with van der Waals surface area (Å²) in [7, 11) is 1.53. The van der Waals surface area contributed by atoms with Crippen molar-refractivity contribution >= 4 is 40.1 Å². The third kappa shape index (κ3) is 6.03. The van der Waals surface area contributed by atoms with Gasteiger partial charge in [0.15, 0.2) is 0 Å². The molecule has 0 atom stereocenters. The predicted octanol–water partition coefficient (Wildman–Crippen LogP) is 0.289. The van der Waals surface area contributed by atoms with Gasteiger partial charge in [0.2, 0.25) is 5.12 Å². The number of pyridine rings is 1. The van der Waals surface area contributed by atoms with Gasteiger partial charge in [-0.2, -0.15) is 0 Å². The molecule has 6 nitrogen and oxygen atoms in total. The number of benzene rings is 1. The summed E-state index contributed by atoms with van der Waals surface area (Å²) in [6.07, 6.45) is 1.44. The first kappa shape index (κ1) is 21.4. The van der Waals surface area contributed by atoms with Crippen LogP contribution in [-0.2, 0) is 4.79 Å². The summed E-state index contributed by atoms with van der Waals surface area (Å²) in [6, 6.07) is 7.94. The van der Waals surface area contributed by atoms with Crippen LogP contribution in [0.25, 0.3) is 0 Å². The average Bonchev–Trinajstić information content (AvgIpc) is 2.54. The van der Waals surface area contributed by atoms with Gasteiger partial charge in [-0.15, -0.1) is 0 Å². The summed E-state index contributed by atoms with van der Waals surface area (Å²) in [4.78, 5) is 27.0. The van der Waals surface area contributed by atoms with Crippen LogP contribution < -0.4 is 61.4 Å². The molecule has 2 N–H and O–H groups in total. The first-order valence-corrected chi connectivity index (χ1v) is 7.67. The molecule has 0 saturated carbocycles. The SMILES string of the molecule is COc1ccc(Cl)c(NCC(=O)Sc2ncccc2C(=O)O)c1.[H-].[K+]. The first-order valence-electron chi connectivity index (χ1n) is 6.47. The third-order valence-electron chi connectivity index (χ3n) is 2.81.